The molecular weight excluding hydrogens is 278 g/mol. The maximum Gasteiger partial charge on any atom is 0.260 e. The van der Waals surface area contributed by atoms with E-state index in [1.165, 1.54) is 0 Å². The van der Waals surface area contributed by atoms with Gasteiger partial charge in [-0.15, -0.1) is 0 Å². The van der Waals surface area contributed by atoms with Crippen LogP contribution in [0.3, 0.4) is 0 Å². The van der Waals surface area contributed by atoms with Crippen molar-refractivity contribution >= 4 is 23.3 Å². The highest BCUT2D eigenvalue weighted by Gasteiger charge is 2.23. The summed E-state index contributed by atoms with van der Waals surface area (Å²) in [7, 11) is 0. The molecule has 108 valence electrons. The Hall–Kier alpha value is -1.75. The molecule has 2 N–H and O–H groups in total. The molecule has 0 radical (unpaired) electrons. The molecule has 0 bridgehead atoms. The van der Waals surface area contributed by atoms with Gasteiger partial charge >= 0.3 is 0 Å². The van der Waals surface area contributed by atoms with Gasteiger partial charge in [0, 0.05) is 5.41 Å². The molecule has 0 saturated carbocycles. The van der Waals surface area contributed by atoms with E-state index in [1.54, 1.807) is 19.9 Å². The highest BCUT2D eigenvalue weighted by atomic mass is 35.5. The van der Waals surface area contributed by atoms with Gasteiger partial charge in [0.2, 0.25) is 0 Å². The second-order valence-corrected chi connectivity index (χ2v) is 6.17. The standard InChI is InChI=1S/C14H18ClN3O2/c1-7-11(15)12(18-17-7)16-13(19)9-6-10(14(3,4)5)20-8(9)2/h6H,1-5H3,(H2,16,17,18,19). The van der Waals surface area contributed by atoms with Crippen LogP contribution in [0.2, 0.25) is 5.02 Å². The van der Waals surface area contributed by atoms with E-state index in [0.717, 1.165) is 5.76 Å². The lowest BCUT2D eigenvalue weighted by atomic mass is 9.93. The van der Waals surface area contributed by atoms with E-state index in [4.69, 9.17) is 16.0 Å². The Labute approximate surface area is 122 Å². The van der Waals surface area contributed by atoms with Crippen LogP contribution in [0, 0.1) is 13.8 Å². The molecule has 0 spiro atoms. The summed E-state index contributed by atoms with van der Waals surface area (Å²) < 4.78 is 5.65. The quantitative estimate of drug-likeness (QED) is 0.884. The highest BCUT2D eigenvalue weighted by molar-refractivity contribution is 6.34. The maximum absolute atomic E-state index is 12.3. The number of hydrogen-bond donors (Lipinski definition) is 2. The Morgan fingerprint density at radius 3 is 2.50 bits per heavy atom. The molecule has 6 heteroatoms. The predicted octanol–water partition coefficient (Wildman–Crippen LogP) is 3.82. The number of rotatable bonds is 2. The third kappa shape index (κ3) is 2.72. The second-order valence-electron chi connectivity index (χ2n) is 5.80. The van der Waals surface area contributed by atoms with Gasteiger partial charge < -0.3 is 9.73 Å². The van der Waals surface area contributed by atoms with Gasteiger partial charge in [-0.1, -0.05) is 32.4 Å². The van der Waals surface area contributed by atoms with Gasteiger partial charge in [0.15, 0.2) is 5.82 Å². The molecule has 0 unspecified atom stereocenters. The number of halogens is 1. The SMILES string of the molecule is Cc1[nH]nc(NC(=O)c2cc(C(C)(C)C)oc2C)c1Cl. The summed E-state index contributed by atoms with van der Waals surface area (Å²) in [5.74, 6) is 1.39. The molecule has 0 aliphatic rings. The maximum atomic E-state index is 12.3. The van der Waals surface area contributed by atoms with Gasteiger partial charge in [0.1, 0.15) is 16.5 Å². The minimum absolute atomic E-state index is 0.149. The van der Waals surface area contributed by atoms with E-state index in [2.05, 4.69) is 15.5 Å². The lowest BCUT2D eigenvalue weighted by Gasteiger charge is -2.13. The number of nitrogens with zero attached hydrogens (tertiary/aromatic N) is 1. The predicted molar refractivity (Wildman–Crippen MR) is 78.4 cm³/mol. The summed E-state index contributed by atoms with van der Waals surface area (Å²) in [6, 6.07) is 1.76. The number of H-pyrrole nitrogens is 1. The lowest BCUT2D eigenvalue weighted by molar-refractivity contribution is 0.102. The summed E-state index contributed by atoms with van der Waals surface area (Å²) in [6.45, 7) is 9.63. The number of hydrogen-bond acceptors (Lipinski definition) is 3. The summed E-state index contributed by atoms with van der Waals surface area (Å²) in [6.07, 6.45) is 0. The number of carbonyl (C=O) groups is 1. The zero-order valence-electron chi connectivity index (χ0n) is 12.2. The number of aromatic amines is 1. The average Bonchev–Trinajstić information content (AvgIpc) is 2.86. The van der Waals surface area contributed by atoms with Gasteiger partial charge in [-0.3, -0.25) is 9.89 Å². The van der Waals surface area contributed by atoms with Gasteiger partial charge in [0.05, 0.1) is 11.3 Å². The van der Waals surface area contributed by atoms with Gasteiger partial charge in [-0.05, 0) is 19.9 Å². The van der Waals surface area contributed by atoms with Gasteiger partial charge in [0.25, 0.3) is 5.91 Å². The number of nitrogens with one attached hydrogen (secondary N) is 2. The van der Waals surface area contributed by atoms with Crippen molar-refractivity contribution in [1.82, 2.24) is 10.2 Å². The van der Waals surface area contributed by atoms with Crippen molar-refractivity contribution in [1.29, 1.82) is 0 Å². The number of amides is 1. The Kier molecular flexibility index (Phi) is 3.65. The number of furan rings is 1. The first kappa shape index (κ1) is 14.7. The molecule has 1 amide bonds. The Morgan fingerprint density at radius 1 is 1.40 bits per heavy atom. The third-order valence-electron chi connectivity index (χ3n) is 3.01. The normalized spacial score (nSPS) is 11.7. The fraction of sp³-hybridized carbons (Fsp3) is 0.429. The summed E-state index contributed by atoms with van der Waals surface area (Å²) >= 11 is 6.03. The van der Waals surface area contributed by atoms with Crippen LogP contribution in [0.15, 0.2) is 10.5 Å². The molecule has 5 nitrogen and oxygen atoms in total. The summed E-state index contributed by atoms with van der Waals surface area (Å²) in [4.78, 5) is 12.3. The van der Waals surface area contributed by atoms with Crippen molar-refractivity contribution in [3.8, 4) is 0 Å². The van der Waals surface area contributed by atoms with Crippen molar-refractivity contribution in [2.45, 2.75) is 40.0 Å². The van der Waals surface area contributed by atoms with Crippen LogP contribution >= 0.6 is 11.6 Å². The fourth-order valence-corrected chi connectivity index (χ4v) is 1.88. The van der Waals surface area contributed by atoms with Crippen molar-refractivity contribution < 1.29 is 9.21 Å². The van der Waals surface area contributed by atoms with Gasteiger partial charge in [-0.25, -0.2) is 0 Å². The minimum Gasteiger partial charge on any atom is -0.465 e. The second kappa shape index (κ2) is 4.98. The monoisotopic (exact) mass is 295 g/mol. The van der Waals surface area contributed by atoms with Crippen molar-refractivity contribution in [2.24, 2.45) is 0 Å². The fourth-order valence-electron chi connectivity index (χ4n) is 1.75. The first-order valence-electron chi connectivity index (χ1n) is 6.33. The highest BCUT2D eigenvalue weighted by Crippen LogP contribution is 2.28. The first-order valence-corrected chi connectivity index (χ1v) is 6.70. The zero-order chi connectivity index (χ0) is 15.1. The minimum atomic E-state index is -0.282. The molecule has 2 aromatic heterocycles. The molecule has 0 saturated heterocycles. The number of aryl methyl sites for hydroxylation is 2. The molecular formula is C14H18ClN3O2. The van der Waals surface area contributed by atoms with Crippen LogP contribution < -0.4 is 5.32 Å². The van der Waals surface area contributed by atoms with Crippen molar-refractivity contribution in [2.75, 3.05) is 5.32 Å². The number of carbonyl (C=O) groups excluding carboxylic acids is 1. The van der Waals surface area contributed by atoms with Crippen LogP contribution in [-0.2, 0) is 5.41 Å². The molecule has 0 fully saturated rings. The van der Waals surface area contributed by atoms with Crippen LogP contribution in [-0.4, -0.2) is 16.1 Å². The Balaban J connectivity index is 2.26. The van der Waals surface area contributed by atoms with Crippen molar-refractivity contribution in [3.63, 3.8) is 0 Å². The topological polar surface area (TPSA) is 70.9 Å². The van der Waals surface area contributed by atoms with Crippen molar-refractivity contribution in [3.05, 3.63) is 33.9 Å². The van der Waals surface area contributed by atoms with E-state index >= 15 is 0 Å². The van der Waals surface area contributed by atoms with E-state index < -0.39 is 0 Å². The largest absolute Gasteiger partial charge is 0.465 e. The molecule has 2 heterocycles. The van der Waals surface area contributed by atoms with Crippen LogP contribution in [0.4, 0.5) is 5.82 Å². The van der Waals surface area contributed by atoms with E-state index in [-0.39, 0.29) is 11.3 Å². The third-order valence-corrected chi connectivity index (χ3v) is 3.47. The molecule has 2 aromatic rings. The van der Waals surface area contributed by atoms with Crippen LogP contribution in [0.25, 0.3) is 0 Å². The molecule has 0 atom stereocenters. The molecule has 0 aromatic carbocycles. The van der Waals surface area contributed by atoms with E-state index in [0.29, 0.717) is 27.9 Å². The Morgan fingerprint density at radius 2 is 2.05 bits per heavy atom. The van der Waals surface area contributed by atoms with Crippen LogP contribution in [0.5, 0.6) is 0 Å². The van der Waals surface area contributed by atoms with E-state index in [9.17, 15) is 4.79 Å². The van der Waals surface area contributed by atoms with Gasteiger partial charge in [-0.2, -0.15) is 5.10 Å². The summed E-state index contributed by atoms with van der Waals surface area (Å²) in [5, 5.41) is 9.76. The smallest absolute Gasteiger partial charge is 0.260 e. The number of aromatic nitrogens is 2. The van der Waals surface area contributed by atoms with E-state index in [1.807, 2.05) is 20.8 Å². The molecule has 20 heavy (non-hydrogen) atoms. The number of anilines is 1. The Bertz CT molecular complexity index is 650. The zero-order valence-corrected chi connectivity index (χ0v) is 13.0. The molecule has 2 rings (SSSR count). The molecule has 0 aliphatic carbocycles. The first-order chi connectivity index (χ1) is 9.20. The summed E-state index contributed by atoms with van der Waals surface area (Å²) in [5.41, 5.74) is 1.05. The van der Waals surface area contributed by atoms with Crippen LogP contribution in [0.1, 0.15) is 48.3 Å². The molecule has 0 aliphatic heterocycles. The lowest BCUT2D eigenvalue weighted by Crippen LogP contribution is -2.13. The average molecular weight is 296 g/mol.